The number of hydrogen-bond donors (Lipinski definition) is 2. The van der Waals surface area contributed by atoms with Gasteiger partial charge < -0.3 is 15.8 Å². The van der Waals surface area contributed by atoms with E-state index < -0.39 is 5.41 Å². The summed E-state index contributed by atoms with van der Waals surface area (Å²) in [6.45, 7) is 6.51. The SMILES string of the molecule is Cc1cc(C)c2cc(NC(=O)C34CC(CN)(C3)OC4C)ccc2n1. The molecule has 1 aromatic carbocycles. The Labute approximate surface area is 141 Å². The molecular weight excluding hydrogens is 302 g/mol. The summed E-state index contributed by atoms with van der Waals surface area (Å²) in [5, 5.41) is 4.15. The van der Waals surface area contributed by atoms with Crippen LogP contribution >= 0.6 is 0 Å². The third-order valence-corrected chi connectivity index (χ3v) is 5.71. The van der Waals surface area contributed by atoms with Crippen molar-refractivity contribution in [2.75, 3.05) is 11.9 Å². The van der Waals surface area contributed by atoms with E-state index in [2.05, 4.69) is 23.3 Å². The first-order valence-electron chi connectivity index (χ1n) is 8.45. The number of rotatable bonds is 3. The molecule has 1 unspecified atom stereocenters. The van der Waals surface area contributed by atoms with Crippen molar-refractivity contribution < 1.29 is 9.53 Å². The van der Waals surface area contributed by atoms with Gasteiger partial charge in [-0.05, 0) is 63.4 Å². The van der Waals surface area contributed by atoms with Crippen LogP contribution < -0.4 is 11.1 Å². The topological polar surface area (TPSA) is 77.2 Å². The van der Waals surface area contributed by atoms with Crippen LogP contribution in [-0.2, 0) is 9.53 Å². The van der Waals surface area contributed by atoms with E-state index in [1.807, 2.05) is 32.0 Å². The molecule has 2 saturated heterocycles. The predicted molar refractivity (Wildman–Crippen MR) is 93.8 cm³/mol. The summed E-state index contributed by atoms with van der Waals surface area (Å²) in [7, 11) is 0. The molecule has 0 radical (unpaired) electrons. The summed E-state index contributed by atoms with van der Waals surface area (Å²) < 4.78 is 5.94. The molecule has 126 valence electrons. The zero-order valence-electron chi connectivity index (χ0n) is 14.3. The number of nitrogens with one attached hydrogen (secondary N) is 1. The van der Waals surface area contributed by atoms with Crippen molar-refractivity contribution in [3.8, 4) is 0 Å². The van der Waals surface area contributed by atoms with Gasteiger partial charge in [0.2, 0.25) is 5.91 Å². The molecule has 3 heterocycles. The van der Waals surface area contributed by atoms with E-state index in [0.29, 0.717) is 6.54 Å². The second kappa shape index (κ2) is 5.01. The number of fused-ring (bicyclic) bond motifs is 2. The lowest BCUT2D eigenvalue weighted by Gasteiger charge is -2.43. The molecule has 3 aliphatic rings. The van der Waals surface area contributed by atoms with E-state index in [1.54, 1.807) is 0 Å². The van der Waals surface area contributed by atoms with Crippen molar-refractivity contribution in [3.63, 3.8) is 0 Å². The fraction of sp³-hybridized carbons (Fsp3) is 0.474. The van der Waals surface area contributed by atoms with Crippen LogP contribution in [0.1, 0.15) is 31.0 Å². The number of nitrogens with zero attached hydrogens (tertiary/aromatic N) is 1. The third-order valence-electron chi connectivity index (χ3n) is 5.71. The van der Waals surface area contributed by atoms with Crippen molar-refractivity contribution in [1.29, 1.82) is 0 Å². The van der Waals surface area contributed by atoms with Crippen molar-refractivity contribution in [1.82, 2.24) is 4.98 Å². The number of nitrogens with two attached hydrogens (primary N) is 1. The number of carbonyl (C=O) groups is 1. The number of amides is 1. The molecule has 3 N–H and O–H groups in total. The van der Waals surface area contributed by atoms with E-state index in [4.69, 9.17) is 10.5 Å². The van der Waals surface area contributed by atoms with Gasteiger partial charge in [-0.15, -0.1) is 0 Å². The van der Waals surface area contributed by atoms with Gasteiger partial charge in [-0.25, -0.2) is 0 Å². The summed E-state index contributed by atoms with van der Waals surface area (Å²) in [4.78, 5) is 17.4. The molecule has 2 aliphatic heterocycles. The lowest BCUT2D eigenvalue weighted by atomic mass is 9.59. The van der Waals surface area contributed by atoms with Gasteiger partial charge in [0.15, 0.2) is 0 Å². The fourth-order valence-corrected chi connectivity index (χ4v) is 4.39. The molecule has 5 heteroatoms. The fourth-order valence-electron chi connectivity index (χ4n) is 4.39. The van der Waals surface area contributed by atoms with E-state index in [0.717, 1.165) is 40.7 Å². The van der Waals surface area contributed by atoms with Gasteiger partial charge in [-0.1, -0.05) is 0 Å². The largest absolute Gasteiger partial charge is 0.370 e. The van der Waals surface area contributed by atoms with Gasteiger partial charge in [0.05, 0.1) is 22.6 Å². The van der Waals surface area contributed by atoms with Crippen LogP contribution in [0, 0.1) is 19.3 Å². The molecule has 24 heavy (non-hydrogen) atoms. The first-order chi connectivity index (χ1) is 11.4. The number of hydrogen-bond acceptors (Lipinski definition) is 4. The molecule has 1 amide bonds. The molecule has 1 aromatic heterocycles. The van der Waals surface area contributed by atoms with Crippen LogP contribution in [0.3, 0.4) is 0 Å². The van der Waals surface area contributed by atoms with Crippen molar-refractivity contribution in [3.05, 3.63) is 35.5 Å². The molecule has 1 atom stereocenters. The second-order valence-electron chi connectivity index (χ2n) is 7.42. The Hall–Kier alpha value is -1.98. The number of aryl methyl sites for hydroxylation is 2. The average molecular weight is 325 g/mol. The Morgan fingerprint density at radius 3 is 2.79 bits per heavy atom. The van der Waals surface area contributed by atoms with Gasteiger partial charge in [0.25, 0.3) is 0 Å². The molecule has 0 spiro atoms. The maximum absolute atomic E-state index is 12.9. The molecule has 1 saturated carbocycles. The summed E-state index contributed by atoms with van der Waals surface area (Å²) in [6, 6.07) is 7.93. The van der Waals surface area contributed by atoms with E-state index in [-0.39, 0.29) is 17.6 Å². The van der Waals surface area contributed by atoms with Gasteiger partial charge >= 0.3 is 0 Å². The third kappa shape index (κ3) is 2.08. The van der Waals surface area contributed by atoms with Crippen LogP contribution in [0.5, 0.6) is 0 Å². The van der Waals surface area contributed by atoms with Crippen molar-refractivity contribution in [2.45, 2.75) is 45.3 Å². The first-order valence-corrected chi connectivity index (χ1v) is 8.45. The van der Waals surface area contributed by atoms with Crippen molar-refractivity contribution >= 4 is 22.5 Å². The molecule has 5 rings (SSSR count). The highest BCUT2D eigenvalue weighted by Crippen LogP contribution is 2.61. The average Bonchev–Trinajstić information content (AvgIpc) is 2.96. The zero-order valence-corrected chi connectivity index (χ0v) is 14.3. The molecule has 2 aromatic rings. The summed E-state index contributed by atoms with van der Waals surface area (Å²) in [5.41, 5.74) is 9.01. The van der Waals surface area contributed by atoms with E-state index in [9.17, 15) is 4.79 Å². The van der Waals surface area contributed by atoms with Gasteiger partial charge in [0.1, 0.15) is 0 Å². The van der Waals surface area contributed by atoms with E-state index in [1.165, 1.54) is 0 Å². The number of ether oxygens (including phenoxy) is 1. The van der Waals surface area contributed by atoms with Crippen LogP contribution in [-0.4, -0.2) is 29.1 Å². The Morgan fingerprint density at radius 2 is 2.12 bits per heavy atom. The minimum atomic E-state index is -0.436. The maximum atomic E-state index is 12.9. The second-order valence-corrected chi connectivity index (χ2v) is 7.42. The first kappa shape index (κ1) is 15.5. The summed E-state index contributed by atoms with van der Waals surface area (Å²) in [5.74, 6) is 0.0358. The lowest BCUT2D eigenvalue weighted by Crippen LogP contribution is -2.55. The summed E-state index contributed by atoms with van der Waals surface area (Å²) >= 11 is 0. The minimum Gasteiger partial charge on any atom is -0.370 e. The van der Waals surface area contributed by atoms with E-state index >= 15 is 0 Å². The maximum Gasteiger partial charge on any atom is 0.233 e. The standard InChI is InChI=1S/C19H23N3O2/c1-11-6-12(2)21-16-5-4-14(7-15(11)16)22-17(23)19-8-18(9-19,10-20)24-13(19)3/h4-7,13H,8-10,20H2,1-3H3,(H,22,23). The van der Waals surface area contributed by atoms with Crippen LogP contribution in [0.4, 0.5) is 5.69 Å². The normalized spacial score (nSPS) is 31.1. The number of anilines is 1. The highest BCUT2D eigenvalue weighted by molar-refractivity contribution is 5.99. The quantitative estimate of drug-likeness (QED) is 0.909. The molecule has 5 nitrogen and oxygen atoms in total. The monoisotopic (exact) mass is 325 g/mol. The highest BCUT2D eigenvalue weighted by Gasteiger charge is 2.69. The number of pyridine rings is 1. The smallest absolute Gasteiger partial charge is 0.233 e. The number of aromatic nitrogens is 1. The highest BCUT2D eigenvalue weighted by atomic mass is 16.5. The Morgan fingerprint density at radius 1 is 1.38 bits per heavy atom. The van der Waals surface area contributed by atoms with Gasteiger partial charge in [0, 0.05) is 23.3 Å². The Kier molecular flexibility index (Phi) is 3.24. The lowest BCUT2D eigenvalue weighted by molar-refractivity contribution is -0.130. The molecule has 3 fully saturated rings. The molecule has 1 aliphatic carbocycles. The summed E-state index contributed by atoms with van der Waals surface area (Å²) in [6.07, 6.45) is 1.35. The zero-order chi connectivity index (χ0) is 17.1. The Bertz CT molecular complexity index is 840. The number of benzene rings is 1. The van der Waals surface area contributed by atoms with Gasteiger partial charge in [-0.3, -0.25) is 9.78 Å². The van der Waals surface area contributed by atoms with Crippen LogP contribution in [0.25, 0.3) is 10.9 Å². The number of carbonyl (C=O) groups excluding carboxylic acids is 1. The van der Waals surface area contributed by atoms with Crippen LogP contribution in [0.2, 0.25) is 0 Å². The molecular formula is C19H23N3O2. The van der Waals surface area contributed by atoms with Crippen molar-refractivity contribution in [2.24, 2.45) is 11.1 Å². The Balaban J connectivity index is 1.60. The van der Waals surface area contributed by atoms with Crippen LogP contribution in [0.15, 0.2) is 24.3 Å². The predicted octanol–water partition coefficient (Wildman–Crippen LogP) is 2.69. The van der Waals surface area contributed by atoms with Gasteiger partial charge in [-0.2, -0.15) is 0 Å². The molecule has 2 bridgehead atoms. The minimum absolute atomic E-state index is 0.0358.